The van der Waals surface area contributed by atoms with Gasteiger partial charge in [-0.2, -0.15) is 0 Å². The van der Waals surface area contributed by atoms with Crippen LogP contribution in [-0.2, 0) is 0 Å². The van der Waals surface area contributed by atoms with Crippen LogP contribution in [0, 0.1) is 0 Å². The van der Waals surface area contributed by atoms with Crippen LogP contribution in [-0.4, -0.2) is 4.57 Å². The Balaban J connectivity index is 1.31. The molecule has 0 radical (unpaired) electrons. The molecule has 0 N–H and O–H groups in total. The molecule has 50 heavy (non-hydrogen) atoms. The highest BCUT2D eigenvalue weighted by molar-refractivity contribution is 6.21. The van der Waals surface area contributed by atoms with Crippen LogP contribution in [0.3, 0.4) is 0 Å². The number of hydrogen-bond donors (Lipinski definition) is 0. The Kier molecular flexibility index (Phi) is 6.53. The van der Waals surface area contributed by atoms with Gasteiger partial charge in [0.15, 0.2) is 0 Å². The average molecular weight is 637 g/mol. The van der Waals surface area contributed by atoms with Crippen molar-refractivity contribution >= 4 is 71.2 Å². The van der Waals surface area contributed by atoms with Crippen LogP contribution in [0.5, 0.6) is 0 Å². The molecule has 0 aliphatic carbocycles. The fourth-order valence-corrected chi connectivity index (χ4v) is 7.94. The Hall–Kier alpha value is -6.64. The van der Waals surface area contributed by atoms with Crippen molar-refractivity contribution in [1.29, 1.82) is 0 Å². The van der Waals surface area contributed by atoms with Crippen molar-refractivity contribution in [3.05, 3.63) is 194 Å². The monoisotopic (exact) mass is 636 g/mol. The van der Waals surface area contributed by atoms with Crippen LogP contribution in [0.2, 0.25) is 0 Å². The van der Waals surface area contributed by atoms with Gasteiger partial charge in [0.2, 0.25) is 0 Å². The molecule has 10 aromatic rings. The molecule has 0 fully saturated rings. The fourth-order valence-electron chi connectivity index (χ4n) is 7.94. The van der Waals surface area contributed by atoms with E-state index in [1.165, 1.54) is 65.3 Å². The molecule has 0 atom stereocenters. The summed E-state index contributed by atoms with van der Waals surface area (Å²) in [5.41, 5.74) is 9.25. The van der Waals surface area contributed by atoms with E-state index >= 15 is 0 Å². The first-order valence-electron chi connectivity index (χ1n) is 17.2. The Morgan fingerprint density at radius 3 is 1.72 bits per heavy atom. The molecule has 9 aromatic carbocycles. The van der Waals surface area contributed by atoms with Crippen molar-refractivity contribution in [3.63, 3.8) is 0 Å². The van der Waals surface area contributed by atoms with Gasteiger partial charge in [0.25, 0.3) is 0 Å². The van der Waals surface area contributed by atoms with Crippen LogP contribution in [0.1, 0.15) is 0 Å². The molecule has 2 heteroatoms. The maximum absolute atomic E-state index is 2.48. The Morgan fingerprint density at radius 2 is 0.940 bits per heavy atom. The van der Waals surface area contributed by atoms with Crippen molar-refractivity contribution in [3.8, 4) is 16.8 Å². The summed E-state index contributed by atoms with van der Waals surface area (Å²) in [6, 6.07) is 70.6. The molecule has 10 rings (SSSR count). The van der Waals surface area contributed by atoms with Gasteiger partial charge in [0.1, 0.15) is 0 Å². The van der Waals surface area contributed by atoms with Gasteiger partial charge in [-0.15, -0.1) is 0 Å². The molecule has 234 valence electrons. The summed E-state index contributed by atoms with van der Waals surface area (Å²) in [5, 5.41) is 9.97. The van der Waals surface area contributed by atoms with Gasteiger partial charge in [-0.25, -0.2) is 0 Å². The number of para-hydroxylation sites is 3. The van der Waals surface area contributed by atoms with Gasteiger partial charge in [0, 0.05) is 33.1 Å². The molecule has 0 amide bonds. The number of rotatable bonds is 5. The third kappa shape index (κ3) is 4.43. The first-order chi connectivity index (χ1) is 24.8. The van der Waals surface area contributed by atoms with Gasteiger partial charge in [-0.05, 0) is 75.0 Å². The predicted octanol–water partition coefficient (Wildman–Crippen LogP) is 13.4. The fraction of sp³-hybridized carbons (Fsp3) is 0. The zero-order valence-electron chi connectivity index (χ0n) is 27.4. The lowest BCUT2D eigenvalue weighted by molar-refractivity contribution is 1.17. The van der Waals surface area contributed by atoms with E-state index in [2.05, 4.69) is 204 Å². The zero-order chi connectivity index (χ0) is 33.0. The summed E-state index contributed by atoms with van der Waals surface area (Å²) in [6.07, 6.45) is 0. The molecule has 2 nitrogen and oxygen atoms in total. The van der Waals surface area contributed by atoms with E-state index in [4.69, 9.17) is 0 Å². The van der Waals surface area contributed by atoms with Crippen molar-refractivity contribution in [2.24, 2.45) is 0 Å². The normalized spacial score (nSPS) is 11.6. The highest BCUT2D eigenvalue weighted by atomic mass is 15.1. The van der Waals surface area contributed by atoms with E-state index in [1.807, 2.05) is 0 Å². The number of hydrogen-bond acceptors (Lipinski definition) is 1. The largest absolute Gasteiger partial charge is 0.309 e. The van der Waals surface area contributed by atoms with Gasteiger partial charge in [-0.3, -0.25) is 0 Å². The summed E-state index contributed by atoms with van der Waals surface area (Å²) < 4.78 is 2.40. The molecule has 0 saturated carbocycles. The Bertz CT molecular complexity index is 2830. The first-order valence-corrected chi connectivity index (χ1v) is 17.2. The minimum Gasteiger partial charge on any atom is -0.309 e. The minimum absolute atomic E-state index is 1.09. The van der Waals surface area contributed by atoms with Gasteiger partial charge in [-0.1, -0.05) is 152 Å². The Morgan fingerprint density at radius 1 is 0.340 bits per heavy atom. The smallest absolute Gasteiger partial charge is 0.0546 e. The average Bonchev–Trinajstić information content (AvgIpc) is 3.53. The summed E-state index contributed by atoms with van der Waals surface area (Å²) in [5.74, 6) is 0. The lowest BCUT2D eigenvalue weighted by Gasteiger charge is -2.30. The number of nitrogens with zero attached hydrogens (tertiary/aromatic N) is 2. The molecule has 1 heterocycles. The third-order valence-corrected chi connectivity index (χ3v) is 10.1. The minimum atomic E-state index is 1.09. The summed E-state index contributed by atoms with van der Waals surface area (Å²) in [4.78, 5) is 2.48. The molecule has 0 spiro atoms. The van der Waals surface area contributed by atoms with E-state index in [0.717, 1.165) is 22.7 Å². The summed E-state index contributed by atoms with van der Waals surface area (Å²) in [6.45, 7) is 0. The lowest BCUT2D eigenvalue weighted by atomic mass is 9.94. The maximum atomic E-state index is 2.48. The zero-order valence-corrected chi connectivity index (χ0v) is 27.4. The van der Waals surface area contributed by atoms with Crippen LogP contribution >= 0.6 is 0 Å². The second kappa shape index (κ2) is 11.5. The molecule has 0 aliphatic rings. The lowest BCUT2D eigenvalue weighted by Crippen LogP contribution is -2.12. The Labute approximate surface area is 290 Å². The van der Waals surface area contributed by atoms with Gasteiger partial charge in [0.05, 0.1) is 22.4 Å². The summed E-state index contributed by atoms with van der Waals surface area (Å²) >= 11 is 0. The van der Waals surface area contributed by atoms with Crippen LogP contribution < -0.4 is 4.90 Å². The van der Waals surface area contributed by atoms with E-state index in [0.29, 0.717) is 0 Å². The summed E-state index contributed by atoms with van der Waals surface area (Å²) in [7, 11) is 0. The SMILES string of the molecule is c1ccc(-c2ccccc2N(c2cccc(-n3c4ccccc4c4ccccc43)c2)c2cc3c4ccccc4ccc3c3ccccc23)cc1. The number of fused-ring (bicyclic) bond motifs is 8. The van der Waals surface area contributed by atoms with Crippen LogP contribution in [0.25, 0.3) is 70.9 Å². The van der Waals surface area contributed by atoms with Crippen molar-refractivity contribution in [2.45, 2.75) is 0 Å². The van der Waals surface area contributed by atoms with Crippen LogP contribution in [0.15, 0.2) is 194 Å². The van der Waals surface area contributed by atoms with E-state index in [9.17, 15) is 0 Å². The highest BCUT2D eigenvalue weighted by Crippen LogP contribution is 2.47. The number of aromatic nitrogens is 1. The van der Waals surface area contributed by atoms with Crippen molar-refractivity contribution in [1.82, 2.24) is 4.57 Å². The standard InChI is InChI=1S/C48H32N2/c1-2-15-33(16-3-1)38-21-8-11-26-45(38)50(48-32-44-37-20-5-4-17-34(37)29-30-40(44)39-22-6-7-23-41(39)48)36-19-14-18-35(31-36)49-46-27-12-9-24-42(46)43-25-10-13-28-47(43)49/h1-32H. The number of anilines is 3. The second-order valence-corrected chi connectivity index (χ2v) is 12.9. The van der Waals surface area contributed by atoms with E-state index in [1.54, 1.807) is 0 Å². The molecule has 0 saturated heterocycles. The molecular weight excluding hydrogens is 605 g/mol. The molecule has 1 aromatic heterocycles. The second-order valence-electron chi connectivity index (χ2n) is 12.9. The van der Waals surface area contributed by atoms with E-state index in [-0.39, 0.29) is 0 Å². The third-order valence-electron chi connectivity index (χ3n) is 10.1. The van der Waals surface area contributed by atoms with Gasteiger partial charge >= 0.3 is 0 Å². The predicted molar refractivity (Wildman–Crippen MR) is 213 cm³/mol. The number of benzene rings is 9. The molecule has 0 bridgehead atoms. The molecular formula is C48H32N2. The topological polar surface area (TPSA) is 8.17 Å². The first kappa shape index (κ1) is 28.4. The maximum Gasteiger partial charge on any atom is 0.0546 e. The molecule has 0 unspecified atom stereocenters. The quantitative estimate of drug-likeness (QED) is 0.171. The van der Waals surface area contributed by atoms with Crippen molar-refractivity contribution < 1.29 is 0 Å². The van der Waals surface area contributed by atoms with Crippen molar-refractivity contribution in [2.75, 3.05) is 4.90 Å². The van der Waals surface area contributed by atoms with Crippen LogP contribution in [0.4, 0.5) is 17.1 Å². The van der Waals surface area contributed by atoms with Gasteiger partial charge < -0.3 is 9.47 Å². The van der Waals surface area contributed by atoms with E-state index < -0.39 is 0 Å². The molecule has 0 aliphatic heterocycles. The highest BCUT2D eigenvalue weighted by Gasteiger charge is 2.22.